The van der Waals surface area contributed by atoms with Gasteiger partial charge in [0.25, 0.3) is 5.91 Å². The van der Waals surface area contributed by atoms with Gasteiger partial charge in [-0.25, -0.2) is 4.39 Å². The van der Waals surface area contributed by atoms with E-state index in [-0.39, 0.29) is 23.3 Å². The SMILES string of the molecule is O=C(N[C@H]1CC[C@H]1c1cccc2c(F)cccc12)c1ccccc1C(F)(F)F. The average Bonchev–Trinajstić information content (AvgIpc) is 2.65. The number of benzene rings is 3. The summed E-state index contributed by atoms with van der Waals surface area (Å²) in [6.45, 7) is 0. The maximum atomic E-state index is 14.1. The summed E-state index contributed by atoms with van der Waals surface area (Å²) in [5.74, 6) is -1.13. The van der Waals surface area contributed by atoms with Gasteiger partial charge in [-0.15, -0.1) is 0 Å². The Labute approximate surface area is 159 Å². The largest absolute Gasteiger partial charge is 0.417 e. The monoisotopic (exact) mass is 387 g/mol. The highest BCUT2D eigenvalue weighted by atomic mass is 19.4. The van der Waals surface area contributed by atoms with E-state index in [1.807, 2.05) is 12.1 Å². The van der Waals surface area contributed by atoms with E-state index in [4.69, 9.17) is 0 Å². The molecule has 144 valence electrons. The van der Waals surface area contributed by atoms with Gasteiger partial charge in [-0.1, -0.05) is 42.5 Å². The topological polar surface area (TPSA) is 29.1 Å². The van der Waals surface area contributed by atoms with E-state index >= 15 is 0 Å². The molecule has 0 saturated heterocycles. The Morgan fingerprint density at radius 1 is 0.893 bits per heavy atom. The van der Waals surface area contributed by atoms with E-state index in [0.717, 1.165) is 23.4 Å². The van der Waals surface area contributed by atoms with Gasteiger partial charge in [0.05, 0.1) is 11.1 Å². The average molecular weight is 387 g/mol. The molecular weight excluding hydrogens is 370 g/mol. The van der Waals surface area contributed by atoms with Gasteiger partial charge in [0.1, 0.15) is 5.82 Å². The predicted octanol–water partition coefficient (Wildman–Crippen LogP) is 5.67. The van der Waals surface area contributed by atoms with Crippen molar-refractivity contribution < 1.29 is 22.4 Å². The molecule has 28 heavy (non-hydrogen) atoms. The Morgan fingerprint density at radius 2 is 1.61 bits per heavy atom. The second-order valence-corrected chi connectivity index (χ2v) is 6.99. The summed E-state index contributed by atoms with van der Waals surface area (Å²) in [4.78, 5) is 12.5. The van der Waals surface area contributed by atoms with Crippen molar-refractivity contribution in [1.82, 2.24) is 5.32 Å². The van der Waals surface area contributed by atoms with Crippen molar-refractivity contribution in [3.63, 3.8) is 0 Å². The third-order valence-corrected chi connectivity index (χ3v) is 5.37. The van der Waals surface area contributed by atoms with Gasteiger partial charge in [-0.2, -0.15) is 13.2 Å². The Hall–Kier alpha value is -2.89. The highest BCUT2D eigenvalue weighted by Crippen LogP contribution is 2.41. The van der Waals surface area contributed by atoms with Crippen molar-refractivity contribution in [3.05, 3.63) is 83.2 Å². The molecule has 1 aliphatic rings. The number of hydrogen-bond donors (Lipinski definition) is 1. The van der Waals surface area contributed by atoms with Crippen LogP contribution in [0.5, 0.6) is 0 Å². The molecule has 0 heterocycles. The Bertz CT molecular complexity index is 1040. The molecule has 1 fully saturated rings. The maximum absolute atomic E-state index is 14.1. The molecule has 1 aliphatic carbocycles. The van der Waals surface area contributed by atoms with Gasteiger partial charge >= 0.3 is 6.18 Å². The highest BCUT2D eigenvalue weighted by Gasteiger charge is 2.38. The molecule has 1 saturated carbocycles. The number of nitrogens with one attached hydrogen (secondary N) is 1. The van der Waals surface area contributed by atoms with Gasteiger partial charge < -0.3 is 5.32 Å². The van der Waals surface area contributed by atoms with Crippen LogP contribution in [0.4, 0.5) is 17.6 Å². The molecule has 0 radical (unpaired) electrons. The van der Waals surface area contributed by atoms with Crippen LogP contribution in [0.15, 0.2) is 60.7 Å². The van der Waals surface area contributed by atoms with Crippen LogP contribution < -0.4 is 5.32 Å². The molecule has 2 atom stereocenters. The lowest BCUT2D eigenvalue weighted by Gasteiger charge is -2.38. The zero-order valence-corrected chi connectivity index (χ0v) is 14.8. The minimum Gasteiger partial charge on any atom is -0.349 e. The fourth-order valence-corrected chi connectivity index (χ4v) is 3.84. The molecule has 6 heteroatoms. The molecule has 3 aromatic rings. The fourth-order valence-electron chi connectivity index (χ4n) is 3.84. The summed E-state index contributed by atoms with van der Waals surface area (Å²) in [5, 5.41) is 4.01. The third-order valence-electron chi connectivity index (χ3n) is 5.37. The van der Waals surface area contributed by atoms with Crippen LogP contribution in [0.25, 0.3) is 10.8 Å². The fraction of sp³-hybridized carbons (Fsp3) is 0.227. The van der Waals surface area contributed by atoms with Crippen LogP contribution in [0.3, 0.4) is 0 Å². The van der Waals surface area contributed by atoms with Gasteiger partial charge in [0.2, 0.25) is 0 Å². The molecule has 0 unspecified atom stereocenters. The van der Waals surface area contributed by atoms with E-state index in [1.54, 1.807) is 18.2 Å². The number of amides is 1. The van der Waals surface area contributed by atoms with E-state index in [1.165, 1.54) is 24.3 Å². The van der Waals surface area contributed by atoms with Crippen LogP contribution in [0.1, 0.15) is 40.2 Å². The first-order valence-electron chi connectivity index (χ1n) is 9.00. The van der Waals surface area contributed by atoms with Crippen LogP contribution in [-0.4, -0.2) is 11.9 Å². The summed E-state index contributed by atoms with van der Waals surface area (Å²) in [5.41, 5.74) is -0.433. The minimum atomic E-state index is -4.60. The lowest BCUT2D eigenvalue weighted by molar-refractivity contribution is -0.137. The van der Waals surface area contributed by atoms with E-state index in [2.05, 4.69) is 5.32 Å². The molecule has 2 nitrogen and oxygen atoms in total. The first kappa shape index (κ1) is 18.5. The summed E-state index contributed by atoms with van der Waals surface area (Å²) >= 11 is 0. The molecule has 0 aromatic heterocycles. The molecule has 0 aliphatic heterocycles. The predicted molar refractivity (Wildman–Crippen MR) is 98.6 cm³/mol. The third kappa shape index (κ3) is 3.23. The number of carbonyl (C=O) groups is 1. The number of halogens is 4. The Kier molecular flexibility index (Phi) is 4.57. The van der Waals surface area contributed by atoms with Crippen molar-refractivity contribution in [3.8, 4) is 0 Å². The number of fused-ring (bicyclic) bond motifs is 1. The van der Waals surface area contributed by atoms with E-state index in [0.29, 0.717) is 11.8 Å². The van der Waals surface area contributed by atoms with Gasteiger partial charge in [-0.05, 0) is 42.0 Å². The number of hydrogen-bond acceptors (Lipinski definition) is 1. The first-order chi connectivity index (χ1) is 13.4. The Morgan fingerprint density at radius 3 is 2.32 bits per heavy atom. The summed E-state index contributed by atoms with van der Waals surface area (Å²) in [7, 11) is 0. The first-order valence-corrected chi connectivity index (χ1v) is 9.00. The quantitative estimate of drug-likeness (QED) is 0.576. The van der Waals surface area contributed by atoms with Gasteiger partial charge in [-0.3, -0.25) is 4.79 Å². The standard InChI is InChI=1S/C22H17F4NO/c23-19-10-4-7-13-14(6-3-8-15(13)19)16-11-12-20(16)27-21(28)17-5-1-2-9-18(17)22(24,25)26/h1-10,16,20H,11-12H2,(H,27,28)/t16-,20-/m0/s1. The van der Waals surface area contributed by atoms with Gasteiger partial charge in [0, 0.05) is 17.3 Å². The smallest absolute Gasteiger partial charge is 0.349 e. The lowest BCUT2D eigenvalue weighted by atomic mass is 9.73. The van der Waals surface area contributed by atoms with Crippen molar-refractivity contribution >= 4 is 16.7 Å². The molecule has 4 rings (SSSR count). The van der Waals surface area contributed by atoms with Crippen LogP contribution in [-0.2, 0) is 6.18 Å². The van der Waals surface area contributed by atoms with Crippen LogP contribution >= 0.6 is 0 Å². The van der Waals surface area contributed by atoms with Crippen molar-refractivity contribution in [2.75, 3.05) is 0 Å². The zero-order chi connectivity index (χ0) is 19.9. The van der Waals surface area contributed by atoms with Crippen molar-refractivity contribution in [2.45, 2.75) is 31.0 Å². The summed E-state index contributed by atoms with van der Waals surface area (Å²) in [6, 6.07) is 14.6. The maximum Gasteiger partial charge on any atom is 0.417 e. The Balaban J connectivity index is 1.60. The molecule has 0 bridgehead atoms. The zero-order valence-electron chi connectivity index (χ0n) is 14.8. The molecule has 3 aromatic carbocycles. The summed E-state index contributed by atoms with van der Waals surface area (Å²) in [6.07, 6.45) is -3.15. The normalized spacial score (nSPS) is 19.3. The minimum absolute atomic E-state index is 0.0625. The van der Waals surface area contributed by atoms with Crippen LogP contribution in [0.2, 0.25) is 0 Å². The molecule has 1 amide bonds. The van der Waals surface area contributed by atoms with E-state index < -0.39 is 17.6 Å². The van der Waals surface area contributed by atoms with Crippen molar-refractivity contribution in [2.24, 2.45) is 0 Å². The highest BCUT2D eigenvalue weighted by molar-refractivity contribution is 5.96. The number of alkyl halides is 3. The second kappa shape index (κ2) is 6.93. The van der Waals surface area contributed by atoms with Gasteiger partial charge in [0.15, 0.2) is 0 Å². The molecular formula is C22H17F4NO. The number of carbonyl (C=O) groups excluding carboxylic acids is 1. The van der Waals surface area contributed by atoms with E-state index in [9.17, 15) is 22.4 Å². The number of rotatable bonds is 3. The molecule has 1 N–H and O–H groups in total. The second-order valence-electron chi connectivity index (χ2n) is 6.99. The lowest BCUT2D eigenvalue weighted by Crippen LogP contribution is -2.45. The molecule has 0 spiro atoms. The summed E-state index contributed by atoms with van der Waals surface area (Å²) < 4.78 is 53.6. The van der Waals surface area contributed by atoms with Crippen LogP contribution in [0, 0.1) is 5.82 Å². The van der Waals surface area contributed by atoms with Crippen molar-refractivity contribution in [1.29, 1.82) is 0 Å².